The van der Waals surface area contributed by atoms with Gasteiger partial charge in [0.25, 0.3) is 5.78 Å². The molecule has 3 nitrogen and oxygen atoms in total. The fraction of sp³-hybridized carbons (Fsp3) is 0.385. The molecule has 0 saturated heterocycles. The highest BCUT2D eigenvalue weighted by Crippen LogP contribution is 2.10. The van der Waals surface area contributed by atoms with Gasteiger partial charge >= 0.3 is 5.71 Å². The number of carbonyl (C=O) groups excluding carboxylic acids is 1. The summed E-state index contributed by atoms with van der Waals surface area (Å²) < 4.78 is 0. The zero-order chi connectivity index (χ0) is 12.1. The summed E-state index contributed by atoms with van der Waals surface area (Å²) in [5, 5.41) is 0. The van der Waals surface area contributed by atoms with Crippen molar-refractivity contribution in [1.82, 2.24) is 0 Å². The van der Waals surface area contributed by atoms with Gasteiger partial charge < -0.3 is 5.53 Å². The van der Waals surface area contributed by atoms with Crippen molar-refractivity contribution in [1.29, 1.82) is 0 Å². The molecule has 3 heteroatoms. The lowest BCUT2D eigenvalue weighted by Gasteiger charge is -2.04. The van der Waals surface area contributed by atoms with Crippen LogP contribution in [0, 0.1) is 5.92 Å². The maximum Gasteiger partial charge on any atom is 0.336 e. The van der Waals surface area contributed by atoms with Crippen molar-refractivity contribution in [3.63, 3.8) is 0 Å². The van der Waals surface area contributed by atoms with Crippen LogP contribution in [-0.4, -0.2) is 16.3 Å². The standard InChI is InChI=1S/C13H16N2O/c1-9(2)8-11-4-6-12(7-5-11)13(16)10(3)15-14/h4-7,9H,8H2,1-3H3. The van der Waals surface area contributed by atoms with E-state index in [4.69, 9.17) is 5.53 Å². The van der Waals surface area contributed by atoms with E-state index in [0.29, 0.717) is 11.5 Å². The maximum atomic E-state index is 11.6. The largest absolute Gasteiger partial charge is 0.361 e. The van der Waals surface area contributed by atoms with Crippen molar-refractivity contribution >= 4 is 11.5 Å². The van der Waals surface area contributed by atoms with Gasteiger partial charge in [-0.2, -0.15) is 4.79 Å². The number of nitrogens with zero attached hydrogens (tertiary/aromatic N) is 2. The van der Waals surface area contributed by atoms with Crippen LogP contribution in [0.15, 0.2) is 24.3 Å². The smallest absolute Gasteiger partial charge is 0.336 e. The topological polar surface area (TPSA) is 53.5 Å². The Kier molecular flexibility index (Phi) is 4.15. The monoisotopic (exact) mass is 216 g/mol. The molecule has 0 aliphatic carbocycles. The third kappa shape index (κ3) is 3.14. The molecule has 16 heavy (non-hydrogen) atoms. The summed E-state index contributed by atoms with van der Waals surface area (Å²) in [5.74, 6) is 0.362. The van der Waals surface area contributed by atoms with Crippen LogP contribution in [0.3, 0.4) is 0 Å². The van der Waals surface area contributed by atoms with E-state index in [1.54, 1.807) is 12.1 Å². The van der Waals surface area contributed by atoms with E-state index in [-0.39, 0.29) is 11.5 Å². The molecule has 0 fully saturated rings. The van der Waals surface area contributed by atoms with Crippen molar-refractivity contribution < 1.29 is 9.58 Å². The zero-order valence-corrected chi connectivity index (χ0v) is 9.90. The number of hydrogen-bond donors (Lipinski definition) is 0. The van der Waals surface area contributed by atoms with E-state index in [9.17, 15) is 4.79 Å². The molecule has 0 radical (unpaired) electrons. The number of Topliss-reactive ketones (excluding diaryl/α,β-unsaturated/α-hetero) is 1. The highest BCUT2D eigenvalue weighted by molar-refractivity contribution is 6.43. The van der Waals surface area contributed by atoms with Crippen molar-refractivity contribution in [2.75, 3.05) is 0 Å². The number of ketones is 1. The molecular formula is C13H16N2O. The fourth-order valence-electron chi connectivity index (χ4n) is 1.52. The number of hydrogen-bond acceptors (Lipinski definition) is 1. The van der Waals surface area contributed by atoms with Crippen LogP contribution in [0.5, 0.6) is 0 Å². The van der Waals surface area contributed by atoms with Crippen molar-refractivity contribution in [2.45, 2.75) is 27.2 Å². The highest BCUT2D eigenvalue weighted by atomic mass is 16.1. The molecular weight excluding hydrogens is 200 g/mol. The van der Waals surface area contributed by atoms with Gasteiger partial charge in [0, 0.05) is 12.5 Å². The number of carbonyl (C=O) groups is 1. The average Bonchev–Trinajstić information content (AvgIpc) is 2.27. The summed E-state index contributed by atoms with van der Waals surface area (Å²) >= 11 is 0. The molecule has 1 aromatic carbocycles. The third-order valence-electron chi connectivity index (χ3n) is 2.34. The van der Waals surface area contributed by atoms with Crippen LogP contribution in [-0.2, 0) is 6.42 Å². The molecule has 0 aliphatic rings. The van der Waals surface area contributed by atoms with Crippen LogP contribution >= 0.6 is 0 Å². The van der Waals surface area contributed by atoms with Gasteiger partial charge in [-0.15, -0.1) is 0 Å². The Labute approximate surface area is 95.7 Å². The molecule has 0 atom stereocenters. The second-order valence-electron chi connectivity index (χ2n) is 4.31. The second-order valence-corrected chi connectivity index (χ2v) is 4.31. The van der Waals surface area contributed by atoms with E-state index < -0.39 is 0 Å². The lowest BCUT2D eigenvalue weighted by atomic mass is 10.00. The van der Waals surface area contributed by atoms with Crippen molar-refractivity contribution in [3.05, 3.63) is 40.9 Å². The van der Waals surface area contributed by atoms with E-state index >= 15 is 0 Å². The summed E-state index contributed by atoms with van der Waals surface area (Å²) in [5.41, 5.74) is 10.4. The van der Waals surface area contributed by atoms with Crippen LogP contribution in [0.2, 0.25) is 0 Å². The van der Waals surface area contributed by atoms with Gasteiger partial charge in [0.2, 0.25) is 0 Å². The summed E-state index contributed by atoms with van der Waals surface area (Å²) in [7, 11) is 0. The minimum Gasteiger partial charge on any atom is -0.361 e. The lowest BCUT2D eigenvalue weighted by molar-refractivity contribution is -0.00678. The predicted molar refractivity (Wildman–Crippen MR) is 63.6 cm³/mol. The van der Waals surface area contributed by atoms with E-state index in [0.717, 1.165) is 6.42 Å². The van der Waals surface area contributed by atoms with Crippen LogP contribution in [0.1, 0.15) is 36.7 Å². The third-order valence-corrected chi connectivity index (χ3v) is 2.34. The van der Waals surface area contributed by atoms with E-state index in [2.05, 4.69) is 18.6 Å². The van der Waals surface area contributed by atoms with Crippen LogP contribution < -0.4 is 0 Å². The van der Waals surface area contributed by atoms with Crippen LogP contribution in [0.25, 0.3) is 5.53 Å². The predicted octanol–water partition coefficient (Wildman–Crippen LogP) is 2.76. The van der Waals surface area contributed by atoms with Gasteiger partial charge in [0.15, 0.2) is 0 Å². The lowest BCUT2D eigenvalue weighted by Crippen LogP contribution is -2.11. The summed E-state index contributed by atoms with van der Waals surface area (Å²) in [4.78, 5) is 14.5. The molecule has 0 unspecified atom stereocenters. The van der Waals surface area contributed by atoms with Crippen molar-refractivity contribution in [3.8, 4) is 0 Å². The Morgan fingerprint density at radius 3 is 2.31 bits per heavy atom. The first-order valence-corrected chi connectivity index (χ1v) is 5.37. The Morgan fingerprint density at radius 1 is 1.31 bits per heavy atom. The quantitative estimate of drug-likeness (QED) is 0.330. The van der Waals surface area contributed by atoms with Gasteiger partial charge in [-0.05, 0) is 17.9 Å². The molecule has 0 spiro atoms. The van der Waals surface area contributed by atoms with E-state index in [1.807, 2.05) is 12.1 Å². The Morgan fingerprint density at radius 2 is 1.88 bits per heavy atom. The Balaban J connectivity index is 2.87. The summed E-state index contributed by atoms with van der Waals surface area (Å²) in [6.07, 6.45) is 1.00. The van der Waals surface area contributed by atoms with Gasteiger partial charge in [0.05, 0.1) is 0 Å². The van der Waals surface area contributed by atoms with Crippen molar-refractivity contribution in [2.24, 2.45) is 5.92 Å². The maximum absolute atomic E-state index is 11.6. The molecule has 1 aromatic rings. The first kappa shape index (κ1) is 12.3. The molecule has 0 bridgehead atoms. The number of benzene rings is 1. The molecule has 0 amide bonds. The fourth-order valence-corrected chi connectivity index (χ4v) is 1.52. The highest BCUT2D eigenvalue weighted by Gasteiger charge is 2.15. The number of rotatable bonds is 4. The minimum atomic E-state index is -0.237. The Hall–Kier alpha value is -1.73. The molecule has 0 aliphatic heterocycles. The van der Waals surface area contributed by atoms with Crippen LogP contribution in [0.4, 0.5) is 0 Å². The first-order valence-electron chi connectivity index (χ1n) is 5.37. The van der Waals surface area contributed by atoms with Gasteiger partial charge in [0.1, 0.15) is 0 Å². The van der Waals surface area contributed by atoms with E-state index in [1.165, 1.54) is 12.5 Å². The SMILES string of the molecule is CC(=[N+]=[N-])C(=O)c1ccc(CC(C)C)cc1. The molecule has 1 rings (SSSR count). The molecule has 0 aromatic heterocycles. The summed E-state index contributed by atoms with van der Waals surface area (Å²) in [6, 6.07) is 7.43. The van der Waals surface area contributed by atoms with Gasteiger partial charge in [-0.1, -0.05) is 38.1 Å². The first-order chi connectivity index (χ1) is 7.54. The summed E-state index contributed by atoms with van der Waals surface area (Å²) in [6.45, 7) is 5.80. The second kappa shape index (κ2) is 5.38. The normalized spacial score (nSPS) is 10.0. The minimum absolute atomic E-state index is 0.108. The zero-order valence-electron chi connectivity index (χ0n) is 9.90. The van der Waals surface area contributed by atoms with Gasteiger partial charge in [-0.25, -0.2) is 0 Å². The molecule has 84 valence electrons. The molecule has 0 heterocycles. The Bertz CT molecular complexity index is 426. The molecule has 0 N–H and O–H groups in total. The van der Waals surface area contributed by atoms with Gasteiger partial charge in [-0.3, -0.25) is 4.79 Å². The average molecular weight is 216 g/mol. The molecule has 0 saturated carbocycles.